The number of pyridine rings is 1. The molecule has 1 amide bonds. The number of nitrogens with zero attached hydrogens (tertiary/aromatic N) is 2. The van der Waals surface area contributed by atoms with Crippen LogP contribution in [0.5, 0.6) is 0 Å². The van der Waals surface area contributed by atoms with Gasteiger partial charge in [0, 0.05) is 18.9 Å². The molecule has 0 bridgehead atoms. The predicted octanol–water partition coefficient (Wildman–Crippen LogP) is 1.95. The van der Waals surface area contributed by atoms with E-state index >= 15 is 0 Å². The Hall–Kier alpha value is -1.05. The van der Waals surface area contributed by atoms with Crippen LogP contribution in [0.25, 0.3) is 5.65 Å². The Morgan fingerprint density at radius 1 is 1.39 bits per heavy atom. The second kappa shape index (κ2) is 8.70. The van der Waals surface area contributed by atoms with E-state index < -0.39 is 6.10 Å². The minimum absolute atomic E-state index is 0. The van der Waals surface area contributed by atoms with Crippen LogP contribution in [0, 0.1) is 0 Å². The molecule has 3 rings (SSSR count). The van der Waals surface area contributed by atoms with Gasteiger partial charge < -0.3 is 20.2 Å². The quantitative estimate of drug-likeness (QED) is 0.848. The van der Waals surface area contributed by atoms with Gasteiger partial charge >= 0.3 is 0 Å². The summed E-state index contributed by atoms with van der Waals surface area (Å²) in [6, 6.07) is 3.62. The van der Waals surface area contributed by atoms with Gasteiger partial charge in [-0.25, -0.2) is 4.98 Å². The largest absolute Gasteiger partial charge is 0.364 e. The second-order valence-corrected chi connectivity index (χ2v) is 5.56. The maximum Gasteiger partial charge on any atom is 0.249 e. The lowest BCUT2D eigenvalue weighted by Gasteiger charge is -2.11. The van der Waals surface area contributed by atoms with E-state index in [1.807, 2.05) is 16.7 Å². The lowest BCUT2D eigenvalue weighted by molar-refractivity contribution is -0.132. The number of imidazole rings is 1. The fraction of sp³-hybridized carbons (Fsp3) is 0.429. The summed E-state index contributed by atoms with van der Waals surface area (Å²) >= 11 is 5.92. The number of nitrogens with two attached hydrogens (primary N) is 1. The molecule has 1 aliphatic heterocycles. The number of hydrogen-bond acceptors (Lipinski definition) is 4. The van der Waals surface area contributed by atoms with E-state index in [1.54, 1.807) is 12.3 Å². The molecule has 0 unspecified atom stereocenters. The van der Waals surface area contributed by atoms with Crippen LogP contribution < -0.4 is 11.1 Å². The first kappa shape index (κ1) is 20.0. The molecule has 1 fully saturated rings. The second-order valence-electron chi connectivity index (χ2n) is 5.12. The molecular formula is C14H19Cl3N4O2. The van der Waals surface area contributed by atoms with Crippen molar-refractivity contribution in [2.24, 2.45) is 5.73 Å². The van der Waals surface area contributed by atoms with Crippen molar-refractivity contribution in [1.82, 2.24) is 14.7 Å². The van der Waals surface area contributed by atoms with E-state index in [1.165, 1.54) is 0 Å². The summed E-state index contributed by atoms with van der Waals surface area (Å²) in [7, 11) is 0. The van der Waals surface area contributed by atoms with Crippen LogP contribution in [0.4, 0.5) is 0 Å². The van der Waals surface area contributed by atoms with Crippen molar-refractivity contribution in [1.29, 1.82) is 0 Å². The molecule has 3 N–H and O–H groups in total. The van der Waals surface area contributed by atoms with Crippen molar-refractivity contribution >= 4 is 48.0 Å². The Balaban J connectivity index is 0.00000132. The number of carbonyl (C=O) groups excluding carboxylic acids is 1. The van der Waals surface area contributed by atoms with Crippen LogP contribution in [0.15, 0.2) is 24.5 Å². The lowest BCUT2D eigenvalue weighted by atomic mass is 10.2. The molecular weight excluding hydrogens is 363 g/mol. The zero-order valence-electron chi connectivity index (χ0n) is 12.3. The number of carbonyl (C=O) groups is 1. The van der Waals surface area contributed by atoms with E-state index in [0.717, 1.165) is 17.8 Å². The third-order valence-electron chi connectivity index (χ3n) is 3.57. The monoisotopic (exact) mass is 380 g/mol. The summed E-state index contributed by atoms with van der Waals surface area (Å²) in [6.45, 7) is 0.822. The Bertz CT molecular complexity index is 665. The first-order valence-electron chi connectivity index (χ1n) is 6.92. The summed E-state index contributed by atoms with van der Waals surface area (Å²) < 4.78 is 7.39. The van der Waals surface area contributed by atoms with E-state index in [4.69, 9.17) is 22.1 Å². The number of nitrogens with one attached hydrogen (secondary N) is 1. The number of halogens is 3. The van der Waals surface area contributed by atoms with Crippen LogP contribution in [0.3, 0.4) is 0 Å². The first-order chi connectivity index (χ1) is 10.2. The van der Waals surface area contributed by atoms with Crippen molar-refractivity contribution < 1.29 is 9.53 Å². The highest BCUT2D eigenvalue weighted by atomic mass is 35.5. The topological polar surface area (TPSA) is 81.7 Å². The van der Waals surface area contributed by atoms with E-state index in [0.29, 0.717) is 24.5 Å². The zero-order valence-corrected chi connectivity index (χ0v) is 14.7. The Morgan fingerprint density at radius 2 is 2.17 bits per heavy atom. The molecule has 2 atom stereocenters. The van der Waals surface area contributed by atoms with Crippen LogP contribution >= 0.6 is 36.4 Å². The van der Waals surface area contributed by atoms with Gasteiger partial charge in [0.25, 0.3) is 0 Å². The Kier molecular flexibility index (Phi) is 7.57. The number of rotatable bonds is 4. The predicted molar refractivity (Wildman–Crippen MR) is 93.5 cm³/mol. The smallest absolute Gasteiger partial charge is 0.249 e. The fourth-order valence-electron chi connectivity index (χ4n) is 2.47. The maximum absolute atomic E-state index is 12.0. The average Bonchev–Trinajstić information content (AvgIpc) is 3.10. The van der Waals surface area contributed by atoms with Crippen molar-refractivity contribution in [2.75, 3.05) is 6.54 Å². The van der Waals surface area contributed by atoms with Gasteiger partial charge in [-0.05, 0) is 25.0 Å². The third-order valence-corrected chi connectivity index (χ3v) is 3.80. The highest BCUT2D eigenvalue weighted by molar-refractivity contribution is 6.30. The highest BCUT2D eigenvalue weighted by Gasteiger charge is 2.29. The summed E-state index contributed by atoms with van der Waals surface area (Å²) in [6.07, 6.45) is 4.78. The van der Waals surface area contributed by atoms with Crippen molar-refractivity contribution in [3.8, 4) is 0 Å². The van der Waals surface area contributed by atoms with Gasteiger partial charge in [-0.3, -0.25) is 4.79 Å². The van der Waals surface area contributed by atoms with Crippen LogP contribution in [-0.4, -0.2) is 34.0 Å². The van der Waals surface area contributed by atoms with Crippen molar-refractivity contribution in [3.05, 3.63) is 35.2 Å². The minimum atomic E-state index is -0.398. The summed E-state index contributed by atoms with van der Waals surface area (Å²) in [5, 5.41) is 3.49. The van der Waals surface area contributed by atoms with Gasteiger partial charge in [0.15, 0.2) is 0 Å². The Morgan fingerprint density at radius 3 is 2.87 bits per heavy atom. The normalized spacial score (nSPS) is 19.9. The van der Waals surface area contributed by atoms with Gasteiger partial charge in [0.2, 0.25) is 5.91 Å². The average molecular weight is 382 g/mol. The van der Waals surface area contributed by atoms with Gasteiger partial charge in [0.1, 0.15) is 11.8 Å². The molecule has 128 valence electrons. The maximum atomic E-state index is 12.0. The lowest BCUT2D eigenvalue weighted by Crippen LogP contribution is -2.35. The van der Waals surface area contributed by atoms with Crippen LogP contribution in [-0.2, 0) is 16.1 Å². The molecule has 1 aliphatic rings. The molecule has 3 heterocycles. The number of ether oxygens (including phenoxy) is 1. The Labute approximate surface area is 151 Å². The molecule has 9 heteroatoms. The van der Waals surface area contributed by atoms with Crippen molar-refractivity contribution in [3.63, 3.8) is 0 Å². The SMILES string of the molecule is Cl.Cl.NC[C@H]1CC[C@@H](C(=O)NCc2cn3cc(Cl)ccc3n2)O1. The molecule has 0 aliphatic carbocycles. The van der Waals surface area contributed by atoms with Gasteiger partial charge in [-0.1, -0.05) is 11.6 Å². The van der Waals surface area contributed by atoms with E-state index in [2.05, 4.69) is 10.3 Å². The van der Waals surface area contributed by atoms with Gasteiger partial charge in [0.05, 0.1) is 23.4 Å². The van der Waals surface area contributed by atoms with E-state index in [9.17, 15) is 4.79 Å². The van der Waals surface area contributed by atoms with Crippen LogP contribution in [0.1, 0.15) is 18.5 Å². The summed E-state index contributed by atoms with van der Waals surface area (Å²) in [5.41, 5.74) is 7.11. The molecule has 1 saturated heterocycles. The zero-order chi connectivity index (χ0) is 14.8. The van der Waals surface area contributed by atoms with Crippen LogP contribution in [0.2, 0.25) is 5.02 Å². The molecule has 2 aromatic rings. The molecule has 2 aromatic heterocycles. The molecule has 0 aromatic carbocycles. The summed E-state index contributed by atoms with van der Waals surface area (Å²) in [4.78, 5) is 16.4. The molecule has 0 spiro atoms. The van der Waals surface area contributed by atoms with E-state index in [-0.39, 0.29) is 36.8 Å². The first-order valence-corrected chi connectivity index (χ1v) is 7.30. The van der Waals surface area contributed by atoms with Crippen molar-refractivity contribution in [2.45, 2.75) is 31.6 Å². The van der Waals surface area contributed by atoms with Gasteiger partial charge in [-0.2, -0.15) is 0 Å². The third kappa shape index (κ3) is 4.71. The molecule has 23 heavy (non-hydrogen) atoms. The minimum Gasteiger partial charge on any atom is -0.364 e. The molecule has 0 saturated carbocycles. The number of fused-ring (bicyclic) bond motifs is 1. The summed E-state index contributed by atoms with van der Waals surface area (Å²) in [5.74, 6) is -0.110. The number of amides is 1. The molecule has 6 nitrogen and oxygen atoms in total. The number of aromatic nitrogens is 2. The van der Waals surface area contributed by atoms with Gasteiger partial charge in [-0.15, -0.1) is 24.8 Å². The fourth-order valence-corrected chi connectivity index (χ4v) is 2.63. The number of hydrogen-bond donors (Lipinski definition) is 2. The molecule has 0 radical (unpaired) electrons. The standard InChI is InChI=1S/C14H17ClN4O2.2ClH/c15-9-1-4-13-18-10(8-19(13)7-9)6-17-14(20)12-3-2-11(5-16)21-12;;/h1,4,7-8,11-12H,2-3,5-6,16H2,(H,17,20);2*1H/t11-,12+;;/m1../s1. The highest BCUT2D eigenvalue weighted by Crippen LogP contribution is 2.19.